The summed E-state index contributed by atoms with van der Waals surface area (Å²) in [6.45, 7) is 4.87. The molecule has 3 aliphatic rings. The summed E-state index contributed by atoms with van der Waals surface area (Å²) in [7, 11) is 0. The van der Waals surface area contributed by atoms with Crippen LogP contribution in [0.1, 0.15) is 43.1 Å². The van der Waals surface area contributed by atoms with Crippen molar-refractivity contribution in [2.45, 2.75) is 44.9 Å². The summed E-state index contributed by atoms with van der Waals surface area (Å²) < 4.78 is 49.0. The molecule has 4 heterocycles. The van der Waals surface area contributed by atoms with Gasteiger partial charge in [-0.15, -0.1) is 0 Å². The molecule has 10 nitrogen and oxygen atoms in total. The molecule has 210 valence electrons. The summed E-state index contributed by atoms with van der Waals surface area (Å²) in [6, 6.07) is 5.16. The van der Waals surface area contributed by atoms with Crippen molar-refractivity contribution in [3.8, 4) is 11.5 Å². The van der Waals surface area contributed by atoms with E-state index in [-0.39, 0.29) is 47.4 Å². The largest absolute Gasteiger partial charge is 0.487 e. The molecule has 2 atom stereocenters. The van der Waals surface area contributed by atoms with Crippen LogP contribution in [0.25, 0.3) is 10.9 Å². The first-order valence-corrected chi connectivity index (χ1v) is 13.1. The zero-order chi connectivity index (χ0) is 28.3. The second-order valence-electron chi connectivity index (χ2n) is 10.4. The minimum absolute atomic E-state index is 0.0449. The van der Waals surface area contributed by atoms with Crippen LogP contribution in [0.3, 0.4) is 0 Å². The van der Waals surface area contributed by atoms with Gasteiger partial charge in [-0.05, 0) is 32.0 Å². The summed E-state index contributed by atoms with van der Waals surface area (Å²) in [5, 5.41) is 9.43. The van der Waals surface area contributed by atoms with Gasteiger partial charge in [0.25, 0.3) is 0 Å². The Morgan fingerprint density at radius 3 is 2.50 bits per heavy atom. The molecule has 0 saturated carbocycles. The van der Waals surface area contributed by atoms with Crippen LogP contribution in [0, 0.1) is 11.6 Å². The third-order valence-corrected chi connectivity index (χ3v) is 7.61. The van der Waals surface area contributed by atoms with Gasteiger partial charge in [0.05, 0.1) is 29.2 Å². The van der Waals surface area contributed by atoms with Crippen LogP contribution in [0.2, 0.25) is 0 Å². The van der Waals surface area contributed by atoms with E-state index in [1.54, 1.807) is 22.5 Å². The Kier molecular flexibility index (Phi) is 6.27. The maximum absolute atomic E-state index is 15.5. The molecule has 3 aliphatic heterocycles. The van der Waals surface area contributed by atoms with Gasteiger partial charge < -0.3 is 28.8 Å². The van der Waals surface area contributed by atoms with Gasteiger partial charge >= 0.3 is 12.1 Å². The standard InChI is InChI=1S/C28H27F2N3O7/c1-14-13-38-26-23-18(25(34)19(27(35)36)12-32(14)23)10-21(30)24(26)31-7-5-17(6-8-31)40-22-4-3-16(9-20(22)29)33-11-15(2)39-28(33)37/h3-4,9-10,12,14-15,17H,5-8,11,13H2,1-2H3,(H,35,36)/t14?,15-/m0/s1. The average molecular weight is 556 g/mol. The highest BCUT2D eigenvalue weighted by Gasteiger charge is 2.33. The fourth-order valence-corrected chi connectivity index (χ4v) is 5.60. The van der Waals surface area contributed by atoms with Crippen molar-refractivity contribution in [1.82, 2.24) is 4.57 Å². The van der Waals surface area contributed by atoms with Crippen LogP contribution in [0.5, 0.6) is 11.5 Å². The number of anilines is 2. The Labute approximate surface area is 227 Å². The fourth-order valence-electron chi connectivity index (χ4n) is 5.60. The SMILES string of the molecule is CC1COc2c(N3CCC(Oc4ccc(N5C[C@H](C)OC5=O)cc4F)CC3)c(F)cc3c(=O)c(C(=O)O)cn1c23. The molecule has 1 aromatic heterocycles. The van der Waals surface area contributed by atoms with Crippen molar-refractivity contribution < 1.29 is 37.7 Å². The molecule has 2 aromatic carbocycles. The lowest BCUT2D eigenvalue weighted by molar-refractivity contribution is 0.0694. The van der Waals surface area contributed by atoms with Crippen molar-refractivity contribution in [1.29, 1.82) is 0 Å². The second kappa shape index (κ2) is 9.68. The predicted octanol–water partition coefficient (Wildman–Crippen LogP) is 4.32. The Morgan fingerprint density at radius 2 is 1.85 bits per heavy atom. The number of aromatic carboxylic acids is 1. The molecule has 0 aliphatic carbocycles. The number of rotatable bonds is 5. The number of piperidine rings is 1. The Bertz CT molecular complexity index is 1600. The molecule has 0 bridgehead atoms. The van der Waals surface area contributed by atoms with E-state index in [0.29, 0.717) is 43.7 Å². The van der Waals surface area contributed by atoms with E-state index < -0.39 is 34.7 Å². The molecular formula is C28H27F2N3O7. The molecule has 12 heteroatoms. The molecule has 40 heavy (non-hydrogen) atoms. The monoisotopic (exact) mass is 555 g/mol. The number of pyridine rings is 1. The molecule has 0 radical (unpaired) electrons. The number of halogens is 2. The van der Waals surface area contributed by atoms with Gasteiger partial charge in [-0.2, -0.15) is 0 Å². The van der Waals surface area contributed by atoms with Crippen LogP contribution < -0.4 is 24.7 Å². The Hall–Kier alpha value is -4.35. The highest BCUT2D eigenvalue weighted by atomic mass is 19.1. The quantitative estimate of drug-likeness (QED) is 0.496. The van der Waals surface area contributed by atoms with Crippen LogP contribution in [0.4, 0.5) is 25.0 Å². The van der Waals surface area contributed by atoms with Crippen LogP contribution in [0.15, 0.2) is 35.3 Å². The summed E-state index contributed by atoms with van der Waals surface area (Å²) in [4.78, 5) is 39.6. The fraction of sp³-hybridized carbons (Fsp3) is 0.393. The van der Waals surface area contributed by atoms with Crippen LogP contribution >= 0.6 is 0 Å². The van der Waals surface area contributed by atoms with E-state index in [0.717, 1.165) is 6.07 Å². The second-order valence-corrected chi connectivity index (χ2v) is 10.4. The van der Waals surface area contributed by atoms with E-state index >= 15 is 4.39 Å². The van der Waals surface area contributed by atoms with Crippen molar-refractivity contribution in [2.75, 3.05) is 36.0 Å². The maximum Gasteiger partial charge on any atom is 0.414 e. The molecular weight excluding hydrogens is 528 g/mol. The average Bonchev–Trinajstić information content (AvgIpc) is 3.26. The minimum atomic E-state index is -1.37. The molecule has 1 amide bonds. The van der Waals surface area contributed by atoms with Gasteiger partial charge in [-0.1, -0.05) is 0 Å². The smallest absolute Gasteiger partial charge is 0.414 e. The van der Waals surface area contributed by atoms with Crippen molar-refractivity contribution in [2.24, 2.45) is 0 Å². The lowest BCUT2D eigenvalue weighted by Crippen LogP contribution is -2.39. The van der Waals surface area contributed by atoms with Crippen molar-refractivity contribution in [3.05, 3.63) is 57.9 Å². The van der Waals surface area contributed by atoms with E-state index in [9.17, 15) is 23.9 Å². The van der Waals surface area contributed by atoms with E-state index in [1.165, 1.54) is 23.2 Å². The number of hydrogen-bond donors (Lipinski definition) is 1. The maximum atomic E-state index is 15.5. The van der Waals surface area contributed by atoms with Crippen LogP contribution in [-0.4, -0.2) is 60.2 Å². The highest BCUT2D eigenvalue weighted by molar-refractivity contribution is 5.97. The predicted molar refractivity (Wildman–Crippen MR) is 141 cm³/mol. The third-order valence-electron chi connectivity index (χ3n) is 7.61. The van der Waals surface area contributed by atoms with Gasteiger partial charge in [0.1, 0.15) is 30.1 Å². The number of nitrogens with zero attached hydrogens (tertiary/aromatic N) is 3. The number of aromatic nitrogens is 1. The first-order valence-electron chi connectivity index (χ1n) is 13.1. The first-order chi connectivity index (χ1) is 19.1. The molecule has 6 rings (SSSR count). The number of carboxylic acid groups (broad SMARTS) is 1. The summed E-state index contributed by atoms with van der Waals surface area (Å²) in [6.07, 6.45) is 1.10. The number of ether oxygens (including phenoxy) is 3. The third kappa shape index (κ3) is 4.27. The zero-order valence-electron chi connectivity index (χ0n) is 21.9. The summed E-state index contributed by atoms with van der Waals surface area (Å²) >= 11 is 0. The Balaban J connectivity index is 1.22. The van der Waals surface area contributed by atoms with E-state index in [1.807, 2.05) is 6.92 Å². The highest BCUT2D eigenvalue weighted by Crippen LogP contribution is 2.43. The topological polar surface area (TPSA) is 111 Å². The number of cyclic esters (lactones) is 1. The summed E-state index contributed by atoms with van der Waals surface area (Å²) in [5.41, 5.74) is -0.233. The van der Waals surface area contributed by atoms with Gasteiger partial charge in [0, 0.05) is 38.2 Å². The van der Waals surface area contributed by atoms with Gasteiger partial charge in [-0.3, -0.25) is 9.69 Å². The van der Waals surface area contributed by atoms with E-state index in [4.69, 9.17) is 14.2 Å². The lowest BCUT2D eigenvalue weighted by atomic mass is 10.0. The number of carbonyl (C=O) groups excluding carboxylic acids is 1. The number of hydrogen-bond acceptors (Lipinski definition) is 7. The zero-order valence-corrected chi connectivity index (χ0v) is 21.9. The van der Waals surface area contributed by atoms with E-state index in [2.05, 4.69) is 0 Å². The van der Waals surface area contributed by atoms with Crippen LogP contribution in [-0.2, 0) is 4.74 Å². The van der Waals surface area contributed by atoms with Crippen molar-refractivity contribution >= 4 is 34.3 Å². The normalized spacial score (nSPS) is 20.9. The molecule has 3 aromatic rings. The number of amides is 1. The first kappa shape index (κ1) is 25.9. The molecule has 2 fully saturated rings. The molecule has 2 saturated heterocycles. The Morgan fingerprint density at radius 1 is 1.10 bits per heavy atom. The number of carboxylic acids is 1. The van der Waals surface area contributed by atoms with Gasteiger partial charge in [0.2, 0.25) is 5.43 Å². The van der Waals surface area contributed by atoms with Crippen molar-refractivity contribution in [3.63, 3.8) is 0 Å². The summed E-state index contributed by atoms with van der Waals surface area (Å²) in [5.74, 6) is -2.39. The molecule has 1 unspecified atom stereocenters. The molecule has 0 spiro atoms. The number of benzene rings is 2. The molecule has 1 N–H and O–H groups in total. The number of carbonyl (C=O) groups is 2. The minimum Gasteiger partial charge on any atom is -0.487 e. The lowest BCUT2D eigenvalue weighted by Gasteiger charge is -2.36. The van der Waals surface area contributed by atoms with Gasteiger partial charge in [-0.25, -0.2) is 18.4 Å². The van der Waals surface area contributed by atoms with Gasteiger partial charge in [0.15, 0.2) is 23.1 Å².